The zero-order valence-corrected chi connectivity index (χ0v) is 9.60. The molecule has 0 aliphatic carbocycles. The normalized spacial score (nSPS) is 9.24. The van der Waals surface area contributed by atoms with E-state index in [0.29, 0.717) is 5.56 Å². The van der Waals surface area contributed by atoms with Gasteiger partial charge in [-0.25, -0.2) is 0 Å². The Balaban J connectivity index is 2.30. The lowest BCUT2D eigenvalue weighted by molar-refractivity contribution is 0.105. The summed E-state index contributed by atoms with van der Waals surface area (Å²) in [6.45, 7) is 1.66. The van der Waals surface area contributed by atoms with Crippen LogP contribution in [-0.4, -0.2) is 5.78 Å². The lowest BCUT2D eigenvalue weighted by atomic mass is 10.0. The Morgan fingerprint density at radius 1 is 0.882 bits per heavy atom. The third-order valence-electron chi connectivity index (χ3n) is 2.49. The Kier molecular flexibility index (Phi) is 3.37. The number of Topliss-reactive ketones (excluding diaryl/α,β-unsaturated/α-hetero) is 1. The summed E-state index contributed by atoms with van der Waals surface area (Å²) < 4.78 is 0. The third kappa shape index (κ3) is 2.62. The van der Waals surface area contributed by atoms with Crippen molar-refractivity contribution in [3.63, 3.8) is 0 Å². The Labute approximate surface area is 101 Å². The first-order chi connectivity index (χ1) is 8.31. The second-order valence-electron chi connectivity index (χ2n) is 3.65. The van der Waals surface area contributed by atoms with Crippen molar-refractivity contribution in [3.8, 4) is 23.0 Å². The fraction of sp³-hybridized carbons (Fsp3) is 0.0625. The largest absolute Gasteiger partial charge is 0.279 e. The van der Waals surface area contributed by atoms with Gasteiger partial charge in [0.05, 0.1) is 0 Å². The molecule has 2 rings (SSSR count). The molecule has 0 heterocycles. The van der Waals surface area contributed by atoms with E-state index in [-0.39, 0.29) is 5.78 Å². The molecule has 0 saturated carbocycles. The van der Waals surface area contributed by atoms with Gasteiger partial charge < -0.3 is 0 Å². The molecule has 0 saturated heterocycles. The van der Waals surface area contributed by atoms with Gasteiger partial charge in [0, 0.05) is 5.56 Å². The minimum Gasteiger partial charge on any atom is -0.279 e. The van der Waals surface area contributed by atoms with Crippen LogP contribution in [0, 0.1) is 11.8 Å². The summed E-state index contributed by atoms with van der Waals surface area (Å²) in [4.78, 5) is 11.5. The minimum absolute atomic E-state index is 0.132. The van der Waals surface area contributed by atoms with E-state index >= 15 is 0 Å². The van der Waals surface area contributed by atoms with E-state index in [9.17, 15) is 4.79 Å². The zero-order chi connectivity index (χ0) is 12.1. The van der Waals surface area contributed by atoms with Gasteiger partial charge in [-0.05, 0) is 36.1 Å². The lowest BCUT2D eigenvalue weighted by Gasteiger charge is -2.01. The highest BCUT2D eigenvalue weighted by Gasteiger charge is 2.02. The van der Waals surface area contributed by atoms with Crippen LogP contribution in [0.2, 0.25) is 0 Å². The highest BCUT2D eigenvalue weighted by atomic mass is 16.1. The number of benzene rings is 2. The highest BCUT2D eigenvalue weighted by molar-refractivity contribution is 6.09. The van der Waals surface area contributed by atoms with Gasteiger partial charge in [0.2, 0.25) is 5.78 Å². The number of carbonyl (C=O) groups is 1. The second kappa shape index (κ2) is 5.14. The highest BCUT2D eigenvalue weighted by Crippen LogP contribution is 2.19. The van der Waals surface area contributed by atoms with Crippen molar-refractivity contribution in [2.45, 2.75) is 6.92 Å². The van der Waals surface area contributed by atoms with Crippen LogP contribution in [0.15, 0.2) is 54.6 Å². The number of carbonyl (C=O) groups excluding carboxylic acids is 1. The number of hydrogen-bond acceptors (Lipinski definition) is 1. The van der Waals surface area contributed by atoms with E-state index in [0.717, 1.165) is 11.1 Å². The van der Waals surface area contributed by atoms with E-state index in [2.05, 4.69) is 11.8 Å². The van der Waals surface area contributed by atoms with Crippen molar-refractivity contribution in [3.05, 3.63) is 60.2 Å². The number of rotatable bonds is 2. The van der Waals surface area contributed by atoms with Crippen LogP contribution >= 0.6 is 0 Å². The fourth-order valence-electron chi connectivity index (χ4n) is 1.63. The molecule has 0 aromatic heterocycles. The van der Waals surface area contributed by atoms with E-state index in [1.54, 1.807) is 6.92 Å². The number of hydrogen-bond donors (Lipinski definition) is 0. The van der Waals surface area contributed by atoms with Crippen molar-refractivity contribution in [2.24, 2.45) is 0 Å². The lowest BCUT2D eigenvalue weighted by Crippen LogP contribution is -1.94. The summed E-state index contributed by atoms with van der Waals surface area (Å²) in [5.74, 6) is 5.01. The molecule has 0 atom stereocenters. The summed E-state index contributed by atoms with van der Waals surface area (Å²) in [6.07, 6.45) is 0. The average molecular weight is 220 g/mol. The molecule has 0 aliphatic heterocycles. The SMILES string of the molecule is CC#CC(=O)c1ccc(-c2ccccc2)cc1. The second-order valence-corrected chi connectivity index (χ2v) is 3.65. The van der Waals surface area contributed by atoms with Crippen LogP contribution in [0.1, 0.15) is 17.3 Å². The van der Waals surface area contributed by atoms with Crippen molar-refractivity contribution < 1.29 is 4.79 Å². The zero-order valence-electron chi connectivity index (χ0n) is 9.60. The van der Waals surface area contributed by atoms with Gasteiger partial charge in [-0.15, -0.1) is 0 Å². The fourth-order valence-corrected chi connectivity index (χ4v) is 1.63. The molecule has 82 valence electrons. The molecule has 0 bridgehead atoms. The molecular formula is C16H12O. The Morgan fingerprint density at radius 2 is 1.47 bits per heavy atom. The first-order valence-electron chi connectivity index (χ1n) is 5.44. The Bertz CT molecular complexity index is 568. The molecule has 0 spiro atoms. The quantitative estimate of drug-likeness (QED) is 0.429. The van der Waals surface area contributed by atoms with Gasteiger partial charge in [0.1, 0.15) is 0 Å². The van der Waals surface area contributed by atoms with E-state index in [1.165, 1.54) is 0 Å². The van der Waals surface area contributed by atoms with Gasteiger partial charge in [0.25, 0.3) is 0 Å². The Morgan fingerprint density at radius 3 is 2.06 bits per heavy atom. The van der Waals surface area contributed by atoms with Crippen LogP contribution in [0.25, 0.3) is 11.1 Å². The van der Waals surface area contributed by atoms with Gasteiger partial charge in [-0.3, -0.25) is 4.79 Å². The van der Waals surface area contributed by atoms with Crippen molar-refractivity contribution in [2.75, 3.05) is 0 Å². The molecule has 0 radical (unpaired) electrons. The summed E-state index contributed by atoms with van der Waals surface area (Å²) in [5.41, 5.74) is 2.89. The van der Waals surface area contributed by atoms with Crippen LogP contribution in [0.4, 0.5) is 0 Å². The summed E-state index contributed by atoms with van der Waals surface area (Å²) in [6, 6.07) is 17.6. The minimum atomic E-state index is -0.132. The maximum absolute atomic E-state index is 11.5. The summed E-state index contributed by atoms with van der Waals surface area (Å²) >= 11 is 0. The van der Waals surface area contributed by atoms with Crippen molar-refractivity contribution in [1.82, 2.24) is 0 Å². The predicted molar refractivity (Wildman–Crippen MR) is 69.7 cm³/mol. The number of ketones is 1. The third-order valence-corrected chi connectivity index (χ3v) is 2.49. The van der Waals surface area contributed by atoms with Crippen LogP contribution in [-0.2, 0) is 0 Å². The smallest absolute Gasteiger partial charge is 0.235 e. The van der Waals surface area contributed by atoms with Crippen LogP contribution < -0.4 is 0 Å². The molecule has 2 aromatic rings. The summed E-state index contributed by atoms with van der Waals surface area (Å²) in [5, 5.41) is 0. The molecule has 1 heteroatoms. The van der Waals surface area contributed by atoms with Gasteiger partial charge in [-0.1, -0.05) is 48.4 Å². The van der Waals surface area contributed by atoms with E-state index in [4.69, 9.17) is 0 Å². The van der Waals surface area contributed by atoms with Gasteiger partial charge in [-0.2, -0.15) is 0 Å². The van der Waals surface area contributed by atoms with E-state index < -0.39 is 0 Å². The van der Waals surface area contributed by atoms with Gasteiger partial charge >= 0.3 is 0 Å². The first-order valence-corrected chi connectivity index (χ1v) is 5.44. The standard InChI is InChI=1S/C16H12O/c1-2-6-16(17)15-11-9-14(10-12-15)13-7-4-3-5-8-13/h3-5,7-12H,1H3. The molecule has 0 N–H and O–H groups in total. The van der Waals surface area contributed by atoms with Crippen LogP contribution in [0.3, 0.4) is 0 Å². The molecule has 0 amide bonds. The molecule has 2 aromatic carbocycles. The van der Waals surface area contributed by atoms with Crippen molar-refractivity contribution in [1.29, 1.82) is 0 Å². The van der Waals surface area contributed by atoms with Crippen molar-refractivity contribution >= 4 is 5.78 Å². The molecule has 0 fully saturated rings. The van der Waals surface area contributed by atoms with Crippen LogP contribution in [0.5, 0.6) is 0 Å². The Hall–Kier alpha value is -2.33. The first kappa shape index (κ1) is 11.2. The monoisotopic (exact) mass is 220 g/mol. The maximum Gasteiger partial charge on any atom is 0.235 e. The maximum atomic E-state index is 11.5. The molecule has 17 heavy (non-hydrogen) atoms. The molecule has 0 unspecified atom stereocenters. The van der Waals surface area contributed by atoms with Gasteiger partial charge in [0.15, 0.2) is 0 Å². The summed E-state index contributed by atoms with van der Waals surface area (Å²) in [7, 11) is 0. The molecular weight excluding hydrogens is 208 g/mol. The van der Waals surface area contributed by atoms with E-state index in [1.807, 2.05) is 54.6 Å². The molecule has 1 nitrogen and oxygen atoms in total. The average Bonchev–Trinajstić information content (AvgIpc) is 2.40. The predicted octanol–water partition coefficient (Wildman–Crippen LogP) is 3.56. The molecule has 0 aliphatic rings. The topological polar surface area (TPSA) is 17.1 Å².